The van der Waals surface area contributed by atoms with Crippen LogP contribution in [0.5, 0.6) is 0 Å². The van der Waals surface area contributed by atoms with Gasteiger partial charge in [0.25, 0.3) is 0 Å². The molecule has 1 aromatic rings. The molecule has 9 heteroatoms. The van der Waals surface area contributed by atoms with Gasteiger partial charge in [0.2, 0.25) is 0 Å². The van der Waals surface area contributed by atoms with E-state index in [2.05, 4.69) is 5.32 Å². The van der Waals surface area contributed by atoms with Crippen LogP contribution in [0.15, 0.2) is 42.5 Å². The Hall–Kier alpha value is -2.20. The first-order valence-corrected chi connectivity index (χ1v) is 14.6. The van der Waals surface area contributed by atoms with E-state index in [0.717, 1.165) is 5.56 Å². The van der Waals surface area contributed by atoms with Gasteiger partial charge in [0.15, 0.2) is 19.6 Å². The molecule has 1 aliphatic carbocycles. The third kappa shape index (κ3) is 6.03. The monoisotopic (exact) mass is 477 g/mol. The summed E-state index contributed by atoms with van der Waals surface area (Å²) in [4.78, 5) is 26.5. The van der Waals surface area contributed by atoms with E-state index in [4.69, 9.17) is 23.4 Å². The van der Waals surface area contributed by atoms with E-state index in [1.54, 1.807) is 0 Å². The number of esters is 1. The maximum absolute atomic E-state index is 13.4. The van der Waals surface area contributed by atoms with Gasteiger partial charge < -0.3 is 28.7 Å². The average Bonchev–Trinajstić information content (AvgIpc) is 3.11. The van der Waals surface area contributed by atoms with Crippen LogP contribution >= 0.6 is 0 Å². The minimum atomic E-state index is -2.13. The van der Waals surface area contributed by atoms with Gasteiger partial charge in [-0.3, -0.25) is 0 Å². The lowest BCUT2D eigenvalue weighted by atomic mass is 9.71. The van der Waals surface area contributed by atoms with Crippen molar-refractivity contribution in [2.75, 3.05) is 13.7 Å². The fourth-order valence-corrected chi connectivity index (χ4v) is 5.37. The van der Waals surface area contributed by atoms with E-state index >= 15 is 0 Å². The molecule has 1 heterocycles. The summed E-state index contributed by atoms with van der Waals surface area (Å²) in [7, 11) is -0.831. The van der Waals surface area contributed by atoms with Crippen LogP contribution in [0.2, 0.25) is 19.6 Å². The lowest BCUT2D eigenvalue weighted by Crippen LogP contribution is -2.71. The molecule has 0 saturated carbocycles. The predicted octanol–water partition coefficient (Wildman–Crippen LogP) is 3.77. The number of nitrogens with one attached hydrogen (secondary N) is 1. The summed E-state index contributed by atoms with van der Waals surface area (Å²) < 4.78 is 29.0. The van der Waals surface area contributed by atoms with Crippen LogP contribution in [-0.4, -0.2) is 57.6 Å². The van der Waals surface area contributed by atoms with Gasteiger partial charge in [0.05, 0.1) is 25.9 Å². The van der Waals surface area contributed by atoms with E-state index in [1.807, 2.05) is 76.0 Å². The molecule has 2 aliphatic rings. The average molecular weight is 478 g/mol. The van der Waals surface area contributed by atoms with Crippen LogP contribution in [-0.2, 0) is 34.8 Å². The quantitative estimate of drug-likeness (QED) is 0.363. The molecule has 1 aliphatic heterocycles. The molecule has 0 bridgehead atoms. The second-order valence-corrected chi connectivity index (χ2v) is 14.3. The van der Waals surface area contributed by atoms with Crippen molar-refractivity contribution in [3.63, 3.8) is 0 Å². The molecular formula is C24H35NO7Si. The maximum Gasteiger partial charge on any atom is 0.408 e. The standard InChI is InChI=1S/C24H35NO7Si/c1-23(2)30-16-19(31-23)18-13-10-14-20(32-33(4,5)6)24(18,21(26)28-3)25-22(27)29-15-17-11-8-7-9-12-17/h7-12,14,18-20H,13,15-16H2,1-6H3,(H,25,27)/t18-,19+,20-,24+/m0/s1. The molecule has 0 unspecified atom stereocenters. The van der Waals surface area contributed by atoms with Crippen molar-refractivity contribution < 1.29 is 33.0 Å². The lowest BCUT2D eigenvalue weighted by Gasteiger charge is -2.47. The summed E-state index contributed by atoms with van der Waals surface area (Å²) in [6, 6.07) is 9.34. The highest BCUT2D eigenvalue weighted by Gasteiger charge is 2.60. The Balaban J connectivity index is 1.94. The Morgan fingerprint density at radius 3 is 2.45 bits per heavy atom. The van der Waals surface area contributed by atoms with Crippen molar-refractivity contribution in [3.05, 3.63) is 48.0 Å². The van der Waals surface area contributed by atoms with Gasteiger partial charge in [-0.05, 0) is 45.5 Å². The van der Waals surface area contributed by atoms with Gasteiger partial charge in [0.1, 0.15) is 6.61 Å². The molecular weight excluding hydrogens is 442 g/mol. The first-order valence-electron chi connectivity index (χ1n) is 11.2. The molecule has 4 atom stereocenters. The number of benzene rings is 1. The van der Waals surface area contributed by atoms with Gasteiger partial charge in [-0.15, -0.1) is 0 Å². The first kappa shape index (κ1) is 25.4. The van der Waals surface area contributed by atoms with Crippen LogP contribution in [0.25, 0.3) is 0 Å². The number of alkyl carbamates (subject to hydrolysis) is 1. The summed E-state index contributed by atoms with van der Waals surface area (Å²) in [6.07, 6.45) is 2.33. The summed E-state index contributed by atoms with van der Waals surface area (Å²) in [5.41, 5.74) is -0.699. The number of hydrogen-bond donors (Lipinski definition) is 1. The second kappa shape index (κ2) is 9.96. The van der Waals surface area contributed by atoms with Crippen molar-refractivity contribution >= 4 is 20.4 Å². The summed E-state index contributed by atoms with van der Waals surface area (Å²) in [5, 5.41) is 2.86. The van der Waals surface area contributed by atoms with Crippen molar-refractivity contribution in [1.29, 1.82) is 0 Å². The number of amides is 1. The van der Waals surface area contributed by atoms with Crippen molar-refractivity contribution in [2.24, 2.45) is 5.92 Å². The van der Waals surface area contributed by atoms with Crippen LogP contribution in [0, 0.1) is 5.92 Å². The molecule has 8 nitrogen and oxygen atoms in total. The molecule has 182 valence electrons. The topological polar surface area (TPSA) is 92.3 Å². The van der Waals surface area contributed by atoms with E-state index in [-0.39, 0.29) is 13.2 Å². The Labute approximate surface area is 196 Å². The van der Waals surface area contributed by atoms with Gasteiger partial charge in [0, 0.05) is 5.92 Å². The molecule has 0 aromatic heterocycles. The molecule has 3 rings (SSSR count). The Bertz CT molecular complexity index is 867. The van der Waals surface area contributed by atoms with Crippen LogP contribution in [0.4, 0.5) is 4.79 Å². The molecule has 33 heavy (non-hydrogen) atoms. The van der Waals surface area contributed by atoms with Gasteiger partial charge in [-0.1, -0.05) is 42.5 Å². The third-order valence-corrected chi connectivity index (χ3v) is 6.70. The zero-order valence-electron chi connectivity index (χ0n) is 20.3. The van der Waals surface area contributed by atoms with Crippen molar-refractivity contribution in [2.45, 2.75) is 70.1 Å². The number of hydrogen-bond acceptors (Lipinski definition) is 7. The van der Waals surface area contributed by atoms with Crippen LogP contribution in [0.1, 0.15) is 25.8 Å². The third-order valence-electron chi connectivity index (χ3n) is 5.74. The lowest BCUT2D eigenvalue weighted by molar-refractivity contribution is -0.169. The predicted molar refractivity (Wildman–Crippen MR) is 125 cm³/mol. The first-order chi connectivity index (χ1) is 15.5. The molecule has 0 spiro atoms. The number of allylic oxidation sites excluding steroid dienone is 1. The number of carbonyl (C=O) groups is 2. The zero-order chi connectivity index (χ0) is 24.3. The summed E-state index contributed by atoms with van der Waals surface area (Å²) in [6.45, 7) is 10.1. The molecule has 1 amide bonds. The van der Waals surface area contributed by atoms with E-state index in [0.29, 0.717) is 6.42 Å². The van der Waals surface area contributed by atoms with E-state index in [1.165, 1.54) is 7.11 Å². The van der Waals surface area contributed by atoms with E-state index < -0.39 is 49.8 Å². The SMILES string of the molecule is COC(=O)[C@]1(NC(=O)OCc2ccccc2)[C@@H](O[Si](C)(C)C)C=CC[C@H]1[C@H]1COC(C)(C)O1. The normalized spacial score (nSPS) is 28.8. The molecule has 1 N–H and O–H groups in total. The molecule has 1 aromatic carbocycles. The highest BCUT2D eigenvalue weighted by Crippen LogP contribution is 2.41. The van der Waals surface area contributed by atoms with Crippen LogP contribution in [0.3, 0.4) is 0 Å². The Morgan fingerprint density at radius 1 is 1.18 bits per heavy atom. The molecule has 1 saturated heterocycles. The van der Waals surface area contributed by atoms with Crippen molar-refractivity contribution in [1.82, 2.24) is 5.32 Å². The number of carbonyl (C=O) groups excluding carboxylic acids is 2. The summed E-state index contributed by atoms with van der Waals surface area (Å²) in [5.74, 6) is -1.89. The Morgan fingerprint density at radius 2 is 1.88 bits per heavy atom. The van der Waals surface area contributed by atoms with Gasteiger partial charge in [-0.2, -0.15) is 0 Å². The number of ether oxygens (including phenoxy) is 4. The largest absolute Gasteiger partial charge is 0.467 e. The smallest absolute Gasteiger partial charge is 0.408 e. The van der Waals surface area contributed by atoms with Gasteiger partial charge in [-0.25, -0.2) is 9.59 Å². The molecule has 1 fully saturated rings. The fraction of sp³-hybridized carbons (Fsp3) is 0.583. The minimum Gasteiger partial charge on any atom is -0.467 e. The second-order valence-electron chi connectivity index (χ2n) is 9.84. The van der Waals surface area contributed by atoms with E-state index in [9.17, 15) is 9.59 Å². The molecule has 0 radical (unpaired) electrons. The van der Waals surface area contributed by atoms with Gasteiger partial charge >= 0.3 is 12.1 Å². The number of methoxy groups -OCH3 is 1. The zero-order valence-corrected chi connectivity index (χ0v) is 21.3. The Kier molecular flexibility index (Phi) is 7.68. The van der Waals surface area contributed by atoms with Crippen LogP contribution < -0.4 is 5.32 Å². The minimum absolute atomic E-state index is 0.0695. The fourth-order valence-electron chi connectivity index (χ4n) is 4.35. The highest BCUT2D eigenvalue weighted by molar-refractivity contribution is 6.69. The van der Waals surface area contributed by atoms with Crippen molar-refractivity contribution in [3.8, 4) is 0 Å². The summed E-state index contributed by atoms with van der Waals surface area (Å²) >= 11 is 0. The highest BCUT2D eigenvalue weighted by atomic mass is 28.4. The maximum atomic E-state index is 13.4. The number of rotatable bonds is 7.